The number of nitrogens with zero attached hydrogens (tertiary/aromatic N) is 1. The predicted octanol–water partition coefficient (Wildman–Crippen LogP) is 1.10. The van der Waals surface area contributed by atoms with E-state index in [9.17, 15) is 5.11 Å². The molecule has 2 aliphatic rings. The van der Waals surface area contributed by atoms with Gasteiger partial charge in [-0.2, -0.15) is 0 Å². The molecule has 1 saturated carbocycles. The fraction of sp³-hybridized carbons (Fsp3) is 1.00. The van der Waals surface area contributed by atoms with Gasteiger partial charge < -0.3 is 10.0 Å². The highest BCUT2D eigenvalue weighted by atomic mass is 16.3. The third kappa shape index (κ3) is 1.64. The monoisotopic (exact) mass is 169 g/mol. The van der Waals surface area contributed by atoms with Crippen LogP contribution in [0.15, 0.2) is 0 Å². The molecule has 0 bridgehead atoms. The van der Waals surface area contributed by atoms with Gasteiger partial charge in [0.05, 0.1) is 6.10 Å². The van der Waals surface area contributed by atoms with Gasteiger partial charge in [-0.1, -0.05) is 0 Å². The van der Waals surface area contributed by atoms with E-state index < -0.39 is 0 Å². The van der Waals surface area contributed by atoms with Crippen LogP contribution in [0.2, 0.25) is 0 Å². The van der Waals surface area contributed by atoms with Crippen LogP contribution < -0.4 is 0 Å². The van der Waals surface area contributed by atoms with Crippen LogP contribution >= 0.6 is 0 Å². The first-order chi connectivity index (χ1) is 5.75. The number of piperidine rings is 1. The van der Waals surface area contributed by atoms with Crippen molar-refractivity contribution in [1.82, 2.24) is 4.90 Å². The molecule has 0 spiro atoms. The molecule has 1 aliphatic carbocycles. The second-order valence-electron chi connectivity index (χ2n) is 4.54. The van der Waals surface area contributed by atoms with E-state index in [0.717, 1.165) is 24.7 Å². The number of rotatable bonds is 0. The summed E-state index contributed by atoms with van der Waals surface area (Å²) in [6, 6.07) is 0. The lowest BCUT2D eigenvalue weighted by atomic mass is 9.74. The van der Waals surface area contributed by atoms with Gasteiger partial charge in [0, 0.05) is 6.54 Å². The van der Waals surface area contributed by atoms with Gasteiger partial charge in [-0.3, -0.25) is 0 Å². The van der Waals surface area contributed by atoms with Crippen molar-refractivity contribution >= 4 is 0 Å². The first kappa shape index (κ1) is 8.52. The van der Waals surface area contributed by atoms with Crippen molar-refractivity contribution in [3.8, 4) is 0 Å². The largest absolute Gasteiger partial charge is 0.393 e. The molecular weight excluding hydrogens is 150 g/mol. The summed E-state index contributed by atoms with van der Waals surface area (Å²) in [6.07, 6.45) is 4.66. The van der Waals surface area contributed by atoms with Crippen LogP contribution in [0.4, 0.5) is 0 Å². The standard InChI is InChI=1S/C10H19NO/c1-11-5-4-8-6-10(12)3-2-9(8)7-11/h8-10,12H,2-7H2,1H3/t8?,9-,10?/m1/s1. The molecule has 1 N–H and O–H groups in total. The molecule has 70 valence electrons. The summed E-state index contributed by atoms with van der Waals surface area (Å²) in [5.74, 6) is 1.71. The van der Waals surface area contributed by atoms with Crippen molar-refractivity contribution in [3.63, 3.8) is 0 Å². The van der Waals surface area contributed by atoms with Gasteiger partial charge in [0.25, 0.3) is 0 Å². The van der Waals surface area contributed by atoms with Gasteiger partial charge in [-0.25, -0.2) is 0 Å². The lowest BCUT2D eigenvalue weighted by Crippen LogP contribution is -2.42. The van der Waals surface area contributed by atoms with E-state index in [4.69, 9.17) is 0 Å². The van der Waals surface area contributed by atoms with E-state index in [1.54, 1.807) is 0 Å². The van der Waals surface area contributed by atoms with Gasteiger partial charge in [0.1, 0.15) is 0 Å². The Bertz CT molecular complexity index is 142. The molecule has 2 nitrogen and oxygen atoms in total. The normalized spacial score (nSPS) is 44.0. The molecule has 1 saturated heterocycles. The maximum absolute atomic E-state index is 9.50. The number of aliphatic hydroxyl groups excluding tert-OH is 1. The molecule has 0 amide bonds. The number of aliphatic hydroxyl groups is 1. The fourth-order valence-electron chi connectivity index (χ4n) is 2.77. The van der Waals surface area contributed by atoms with Crippen molar-refractivity contribution in [2.45, 2.75) is 31.8 Å². The van der Waals surface area contributed by atoms with Gasteiger partial charge in [-0.15, -0.1) is 0 Å². The molecular formula is C10H19NO. The summed E-state index contributed by atoms with van der Waals surface area (Å²) in [7, 11) is 2.21. The van der Waals surface area contributed by atoms with Gasteiger partial charge in [-0.05, 0) is 51.1 Å². The zero-order valence-corrected chi connectivity index (χ0v) is 7.87. The lowest BCUT2D eigenvalue weighted by Gasteiger charge is -2.41. The number of hydrogen-bond donors (Lipinski definition) is 1. The van der Waals surface area contributed by atoms with Crippen molar-refractivity contribution in [2.24, 2.45) is 11.8 Å². The third-order valence-corrected chi connectivity index (χ3v) is 3.54. The van der Waals surface area contributed by atoms with Crippen molar-refractivity contribution in [1.29, 1.82) is 0 Å². The highest BCUT2D eigenvalue weighted by molar-refractivity contribution is 4.85. The Kier molecular flexibility index (Phi) is 2.37. The molecule has 0 aromatic carbocycles. The quantitative estimate of drug-likeness (QED) is 0.587. The van der Waals surface area contributed by atoms with Crippen LogP contribution in [0, 0.1) is 11.8 Å². The Morgan fingerprint density at radius 1 is 1.17 bits per heavy atom. The Morgan fingerprint density at radius 2 is 2.00 bits per heavy atom. The maximum Gasteiger partial charge on any atom is 0.0543 e. The average Bonchev–Trinajstić information content (AvgIpc) is 2.05. The molecule has 2 unspecified atom stereocenters. The Labute approximate surface area is 74.6 Å². The van der Waals surface area contributed by atoms with Crippen LogP contribution in [0.5, 0.6) is 0 Å². The molecule has 0 aromatic heterocycles. The summed E-state index contributed by atoms with van der Waals surface area (Å²) in [4.78, 5) is 2.43. The third-order valence-electron chi connectivity index (χ3n) is 3.54. The van der Waals surface area contributed by atoms with Gasteiger partial charge in [0.2, 0.25) is 0 Å². The smallest absolute Gasteiger partial charge is 0.0543 e. The molecule has 2 heteroatoms. The number of fused-ring (bicyclic) bond motifs is 1. The van der Waals surface area contributed by atoms with E-state index in [2.05, 4.69) is 11.9 Å². The van der Waals surface area contributed by atoms with Crippen LogP contribution in [0.1, 0.15) is 25.7 Å². The van der Waals surface area contributed by atoms with E-state index in [1.807, 2.05) is 0 Å². The molecule has 0 radical (unpaired) electrons. The summed E-state index contributed by atoms with van der Waals surface area (Å²) in [6.45, 7) is 2.49. The predicted molar refractivity (Wildman–Crippen MR) is 49.0 cm³/mol. The summed E-state index contributed by atoms with van der Waals surface area (Å²) in [5.41, 5.74) is 0. The second kappa shape index (κ2) is 3.35. The van der Waals surface area contributed by atoms with E-state index in [1.165, 1.54) is 25.9 Å². The first-order valence-corrected chi connectivity index (χ1v) is 5.12. The molecule has 1 aliphatic heterocycles. The van der Waals surface area contributed by atoms with Crippen LogP contribution in [-0.2, 0) is 0 Å². The minimum atomic E-state index is 0.00894. The highest BCUT2D eigenvalue weighted by Crippen LogP contribution is 2.35. The Balaban J connectivity index is 1.94. The van der Waals surface area contributed by atoms with Gasteiger partial charge in [0.15, 0.2) is 0 Å². The minimum absolute atomic E-state index is 0.00894. The first-order valence-electron chi connectivity index (χ1n) is 5.12. The number of hydrogen-bond acceptors (Lipinski definition) is 2. The SMILES string of the molecule is CN1CCC2CC(O)CC[C@@H]2C1. The van der Waals surface area contributed by atoms with Crippen LogP contribution in [0.25, 0.3) is 0 Å². The maximum atomic E-state index is 9.50. The van der Waals surface area contributed by atoms with Crippen molar-refractivity contribution in [3.05, 3.63) is 0 Å². The fourth-order valence-corrected chi connectivity index (χ4v) is 2.77. The molecule has 0 aromatic rings. The summed E-state index contributed by atoms with van der Waals surface area (Å²) in [5, 5.41) is 9.50. The zero-order chi connectivity index (χ0) is 8.55. The van der Waals surface area contributed by atoms with E-state index >= 15 is 0 Å². The molecule has 2 rings (SSSR count). The summed E-state index contributed by atoms with van der Waals surface area (Å²) >= 11 is 0. The Morgan fingerprint density at radius 3 is 2.83 bits per heavy atom. The van der Waals surface area contributed by atoms with Gasteiger partial charge >= 0.3 is 0 Å². The highest BCUT2D eigenvalue weighted by Gasteiger charge is 2.32. The minimum Gasteiger partial charge on any atom is -0.393 e. The van der Waals surface area contributed by atoms with Crippen molar-refractivity contribution in [2.75, 3.05) is 20.1 Å². The Hall–Kier alpha value is -0.0800. The molecule has 12 heavy (non-hydrogen) atoms. The average molecular weight is 169 g/mol. The van der Waals surface area contributed by atoms with Crippen LogP contribution in [0.3, 0.4) is 0 Å². The topological polar surface area (TPSA) is 23.5 Å². The second-order valence-corrected chi connectivity index (χ2v) is 4.54. The van der Waals surface area contributed by atoms with E-state index in [-0.39, 0.29) is 6.10 Å². The summed E-state index contributed by atoms with van der Waals surface area (Å²) < 4.78 is 0. The molecule has 2 fully saturated rings. The van der Waals surface area contributed by atoms with Crippen molar-refractivity contribution < 1.29 is 5.11 Å². The molecule has 1 heterocycles. The zero-order valence-electron chi connectivity index (χ0n) is 7.87. The molecule has 3 atom stereocenters. The lowest BCUT2D eigenvalue weighted by molar-refractivity contribution is 0.0275. The van der Waals surface area contributed by atoms with Crippen LogP contribution in [-0.4, -0.2) is 36.2 Å². The number of likely N-dealkylation sites (tertiary alicyclic amines) is 1. The van der Waals surface area contributed by atoms with E-state index in [0.29, 0.717) is 0 Å².